The van der Waals surface area contributed by atoms with Gasteiger partial charge in [-0.15, -0.1) is 0 Å². The van der Waals surface area contributed by atoms with E-state index < -0.39 is 0 Å². The molecule has 2 aromatic heterocycles. The van der Waals surface area contributed by atoms with Crippen LogP contribution in [-0.2, 0) is 0 Å². The van der Waals surface area contributed by atoms with Gasteiger partial charge in [-0.2, -0.15) is 4.99 Å². The van der Waals surface area contributed by atoms with E-state index in [9.17, 15) is 0 Å². The molecule has 0 fully saturated rings. The normalized spacial score (nSPS) is 11.2. The van der Waals surface area contributed by atoms with Gasteiger partial charge in [-0.25, -0.2) is 9.97 Å². The molecule has 0 aliphatic carbocycles. The van der Waals surface area contributed by atoms with E-state index in [-0.39, 0.29) is 5.96 Å². The van der Waals surface area contributed by atoms with Crippen LogP contribution in [0.3, 0.4) is 0 Å². The number of benzene rings is 2. The molecule has 4 aromatic rings. The van der Waals surface area contributed by atoms with Crippen molar-refractivity contribution >= 4 is 39.5 Å². The van der Waals surface area contributed by atoms with E-state index in [1.165, 1.54) is 0 Å². The van der Waals surface area contributed by atoms with Crippen molar-refractivity contribution in [1.29, 1.82) is 0 Å². The van der Waals surface area contributed by atoms with Gasteiger partial charge in [0.15, 0.2) is 17.4 Å². The van der Waals surface area contributed by atoms with E-state index in [1.807, 2.05) is 52.9 Å². The first kappa shape index (κ1) is 11.7. The highest BCUT2D eigenvalue weighted by Gasteiger charge is 2.13. The first-order chi connectivity index (χ1) is 10.2. The number of aliphatic imine (C=N–C) groups is 1. The van der Waals surface area contributed by atoms with Crippen LogP contribution in [-0.4, -0.2) is 20.3 Å². The Kier molecular flexibility index (Phi) is 2.32. The van der Waals surface area contributed by atoms with Gasteiger partial charge < -0.3 is 11.5 Å². The largest absolute Gasteiger partial charge is 0.370 e. The van der Waals surface area contributed by atoms with Crippen LogP contribution >= 0.6 is 0 Å². The Morgan fingerprint density at radius 1 is 0.857 bits per heavy atom. The molecule has 6 nitrogen and oxygen atoms in total. The minimum absolute atomic E-state index is 0.0354. The van der Waals surface area contributed by atoms with Crippen molar-refractivity contribution in [1.82, 2.24) is 14.4 Å². The standard InChI is InChI=1S/C15H12N6/c16-15(17)20-13-14-19-10-6-2-4-8-12(10)21(14)11-7-3-1-5-9(11)18-13/h1-8H,(H4,16,17,18,20). The summed E-state index contributed by atoms with van der Waals surface area (Å²) in [4.78, 5) is 13.2. The first-order valence-electron chi connectivity index (χ1n) is 6.49. The summed E-state index contributed by atoms with van der Waals surface area (Å²) in [5.74, 6) is 0.386. The maximum atomic E-state index is 5.50. The fourth-order valence-corrected chi connectivity index (χ4v) is 2.53. The lowest BCUT2D eigenvalue weighted by Gasteiger charge is -2.05. The lowest BCUT2D eigenvalue weighted by Crippen LogP contribution is -2.22. The number of imidazole rings is 1. The Morgan fingerprint density at radius 3 is 2.05 bits per heavy atom. The third kappa shape index (κ3) is 1.69. The number of nitrogens with zero attached hydrogens (tertiary/aromatic N) is 4. The van der Waals surface area contributed by atoms with E-state index in [2.05, 4.69) is 15.0 Å². The highest BCUT2D eigenvalue weighted by Crippen LogP contribution is 2.27. The maximum absolute atomic E-state index is 5.50. The van der Waals surface area contributed by atoms with Gasteiger partial charge >= 0.3 is 0 Å². The second kappa shape index (κ2) is 4.17. The van der Waals surface area contributed by atoms with Gasteiger partial charge in [0.05, 0.1) is 22.1 Å². The van der Waals surface area contributed by atoms with Crippen LogP contribution in [0.1, 0.15) is 0 Å². The first-order valence-corrected chi connectivity index (χ1v) is 6.49. The molecule has 0 spiro atoms. The van der Waals surface area contributed by atoms with Crippen LogP contribution < -0.4 is 11.5 Å². The van der Waals surface area contributed by atoms with Crippen molar-refractivity contribution in [3.8, 4) is 0 Å². The molecule has 0 saturated heterocycles. The summed E-state index contributed by atoms with van der Waals surface area (Å²) in [5.41, 5.74) is 15.3. The Morgan fingerprint density at radius 2 is 1.43 bits per heavy atom. The van der Waals surface area contributed by atoms with Crippen molar-refractivity contribution < 1.29 is 0 Å². The third-order valence-electron chi connectivity index (χ3n) is 3.34. The zero-order valence-corrected chi connectivity index (χ0v) is 11.1. The predicted molar refractivity (Wildman–Crippen MR) is 83.5 cm³/mol. The van der Waals surface area contributed by atoms with E-state index in [0.717, 1.165) is 22.1 Å². The van der Waals surface area contributed by atoms with Crippen LogP contribution in [0.15, 0.2) is 53.5 Å². The highest BCUT2D eigenvalue weighted by molar-refractivity contribution is 5.93. The molecule has 2 aromatic carbocycles. The third-order valence-corrected chi connectivity index (χ3v) is 3.34. The van der Waals surface area contributed by atoms with Crippen LogP contribution in [0, 0.1) is 0 Å². The molecule has 0 atom stereocenters. The van der Waals surface area contributed by atoms with Gasteiger partial charge in [0, 0.05) is 0 Å². The minimum atomic E-state index is -0.0354. The number of aromatic nitrogens is 3. The number of fused-ring (bicyclic) bond motifs is 5. The van der Waals surface area contributed by atoms with Crippen molar-refractivity contribution in [2.45, 2.75) is 0 Å². The lowest BCUT2D eigenvalue weighted by atomic mass is 10.3. The molecule has 21 heavy (non-hydrogen) atoms. The monoisotopic (exact) mass is 276 g/mol. The van der Waals surface area contributed by atoms with Gasteiger partial charge in [-0.05, 0) is 24.3 Å². The van der Waals surface area contributed by atoms with Crippen LogP contribution in [0.4, 0.5) is 5.82 Å². The number of para-hydroxylation sites is 4. The predicted octanol–water partition coefficient (Wildman–Crippen LogP) is 1.94. The zero-order valence-electron chi connectivity index (χ0n) is 11.1. The summed E-state index contributed by atoms with van der Waals surface area (Å²) in [6, 6.07) is 15.7. The zero-order chi connectivity index (χ0) is 14.4. The molecule has 4 rings (SSSR count). The lowest BCUT2D eigenvalue weighted by molar-refractivity contribution is 1.21. The number of nitrogens with two attached hydrogens (primary N) is 2. The Bertz CT molecular complexity index is 1010. The minimum Gasteiger partial charge on any atom is -0.370 e. The molecular weight excluding hydrogens is 264 g/mol. The van der Waals surface area contributed by atoms with Crippen molar-refractivity contribution in [2.75, 3.05) is 0 Å². The number of hydrogen-bond acceptors (Lipinski definition) is 3. The summed E-state index contributed by atoms with van der Waals surface area (Å²) in [6.45, 7) is 0. The maximum Gasteiger partial charge on any atom is 0.200 e. The molecule has 4 N–H and O–H groups in total. The topological polar surface area (TPSA) is 94.6 Å². The molecule has 6 heteroatoms. The summed E-state index contributed by atoms with van der Waals surface area (Å²) < 4.78 is 2.03. The second-order valence-corrected chi connectivity index (χ2v) is 4.72. The van der Waals surface area contributed by atoms with Crippen LogP contribution in [0.5, 0.6) is 0 Å². The summed E-state index contributed by atoms with van der Waals surface area (Å²) >= 11 is 0. The molecule has 0 bridgehead atoms. The average molecular weight is 276 g/mol. The van der Waals surface area contributed by atoms with Crippen LogP contribution in [0.2, 0.25) is 0 Å². The van der Waals surface area contributed by atoms with E-state index in [4.69, 9.17) is 11.5 Å². The quantitative estimate of drug-likeness (QED) is 0.410. The van der Waals surface area contributed by atoms with E-state index in [1.54, 1.807) is 0 Å². The molecular formula is C15H12N6. The fraction of sp³-hybridized carbons (Fsp3) is 0. The molecule has 0 amide bonds. The molecule has 0 aliphatic rings. The molecule has 0 radical (unpaired) electrons. The molecule has 2 heterocycles. The summed E-state index contributed by atoms with van der Waals surface area (Å²) in [6.07, 6.45) is 0. The smallest absolute Gasteiger partial charge is 0.200 e. The number of guanidine groups is 1. The van der Waals surface area contributed by atoms with Crippen molar-refractivity contribution in [3.63, 3.8) is 0 Å². The SMILES string of the molecule is NC(N)=Nc1nc2ccccc2n2c1nc1ccccc12. The summed E-state index contributed by atoms with van der Waals surface area (Å²) in [5, 5.41) is 0. The highest BCUT2D eigenvalue weighted by atomic mass is 15.1. The second-order valence-electron chi connectivity index (χ2n) is 4.72. The van der Waals surface area contributed by atoms with Crippen molar-refractivity contribution in [3.05, 3.63) is 48.5 Å². The average Bonchev–Trinajstić information content (AvgIpc) is 2.87. The fourth-order valence-electron chi connectivity index (χ4n) is 2.53. The van der Waals surface area contributed by atoms with Gasteiger partial charge in [-0.3, -0.25) is 4.40 Å². The van der Waals surface area contributed by atoms with Crippen LogP contribution in [0.25, 0.3) is 27.7 Å². The number of rotatable bonds is 1. The number of hydrogen-bond donors (Lipinski definition) is 2. The Labute approximate surface area is 119 Å². The van der Waals surface area contributed by atoms with E-state index in [0.29, 0.717) is 11.5 Å². The summed E-state index contributed by atoms with van der Waals surface area (Å²) in [7, 11) is 0. The molecule has 0 aliphatic heterocycles. The van der Waals surface area contributed by atoms with Gasteiger partial charge in [-0.1, -0.05) is 24.3 Å². The Hall–Kier alpha value is -3.15. The Balaban J connectivity index is 2.30. The van der Waals surface area contributed by atoms with Gasteiger partial charge in [0.2, 0.25) is 0 Å². The van der Waals surface area contributed by atoms with E-state index >= 15 is 0 Å². The molecule has 102 valence electrons. The molecule has 0 unspecified atom stereocenters. The molecule has 0 saturated carbocycles. The van der Waals surface area contributed by atoms with Gasteiger partial charge in [0.25, 0.3) is 0 Å². The van der Waals surface area contributed by atoms with Crippen molar-refractivity contribution in [2.24, 2.45) is 16.5 Å². The van der Waals surface area contributed by atoms with Gasteiger partial charge in [0.1, 0.15) is 0 Å².